The predicted octanol–water partition coefficient (Wildman–Crippen LogP) is 1.08. The number of piperazine rings is 1. The van der Waals surface area contributed by atoms with Crippen molar-refractivity contribution >= 4 is 29.1 Å². The topological polar surface area (TPSA) is 140 Å². The van der Waals surface area contributed by atoms with Gasteiger partial charge in [-0.15, -0.1) is 0 Å². The van der Waals surface area contributed by atoms with Crippen molar-refractivity contribution < 1.29 is 43.3 Å². The molecule has 0 amide bonds. The van der Waals surface area contributed by atoms with Gasteiger partial charge in [0.15, 0.2) is 23.1 Å². The number of allylic oxidation sites excluding steroid dienone is 5. The van der Waals surface area contributed by atoms with Gasteiger partial charge < -0.3 is 19.3 Å². The second kappa shape index (κ2) is 10.3. The van der Waals surface area contributed by atoms with Crippen molar-refractivity contribution in [1.82, 2.24) is 9.80 Å². The van der Waals surface area contributed by atoms with Crippen LogP contribution in [0.25, 0.3) is 0 Å². The van der Waals surface area contributed by atoms with Crippen LogP contribution in [0.1, 0.15) is 40.5 Å². The fourth-order valence-corrected chi connectivity index (χ4v) is 6.97. The Morgan fingerprint density at radius 2 is 1.41 bits per heavy atom. The van der Waals surface area contributed by atoms with Crippen molar-refractivity contribution in [2.75, 3.05) is 27.9 Å². The van der Waals surface area contributed by atoms with Crippen molar-refractivity contribution in [2.45, 2.75) is 70.9 Å². The Morgan fingerprint density at radius 1 is 0.902 bits per heavy atom. The SMILES string of the molecule is C/C=C(/C)C(=O)OC[C@H]1C2=C(C[C@H]3[C@@H]4C5=C(C[C@H]([C@H](O)N13)N4C)C(=O)C(C)=C(OC)C5=O)C(=O)C(C)=C(OC)C2=O. The number of ether oxygens (including phenoxy) is 3. The molecule has 0 aromatic rings. The Hall–Kier alpha value is -3.67. The highest BCUT2D eigenvalue weighted by Gasteiger charge is 2.59. The third-order valence-corrected chi connectivity index (χ3v) is 9.17. The Bertz CT molecular complexity index is 1460. The van der Waals surface area contributed by atoms with E-state index in [1.165, 1.54) is 21.1 Å². The summed E-state index contributed by atoms with van der Waals surface area (Å²) in [6.45, 7) is 6.03. The van der Waals surface area contributed by atoms with Crippen LogP contribution in [0.5, 0.6) is 0 Å². The smallest absolute Gasteiger partial charge is 0.333 e. The lowest BCUT2D eigenvalue weighted by Gasteiger charge is -2.60. The fraction of sp³-hybridized carbons (Fsp3) is 0.500. The lowest BCUT2D eigenvalue weighted by Crippen LogP contribution is -2.74. The van der Waals surface area contributed by atoms with Gasteiger partial charge >= 0.3 is 5.97 Å². The molecule has 5 aliphatic rings. The molecule has 0 spiro atoms. The Labute approximate surface area is 237 Å². The molecule has 0 radical (unpaired) electrons. The minimum absolute atomic E-state index is 0.0224. The number of ketones is 4. The van der Waals surface area contributed by atoms with Crippen LogP contribution >= 0.6 is 0 Å². The summed E-state index contributed by atoms with van der Waals surface area (Å²) in [5.74, 6) is -2.36. The standard InChI is InChI=1S/C30H34N2O9/c1-8-12(2)30(38)41-11-19-20-15(23(33)13(3)27(39-6)25(20)35)9-17-22-21-16(10-18(31(22)5)29(37)32(17)19)24(34)14(4)28(40-7)26(21)36/h8,17-19,22,29,37H,9-11H2,1-7H3/b12-8-/t17-,18+,19-,22+,29-/m0/s1. The zero-order valence-electron chi connectivity index (χ0n) is 24.2. The average Bonchev–Trinajstić information content (AvgIpc) is 2.95. The van der Waals surface area contributed by atoms with E-state index < -0.39 is 47.9 Å². The minimum atomic E-state index is -1.22. The molecule has 0 saturated carbocycles. The molecule has 1 fully saturated rings. The van der Waals surface area contributed by atoms with Crippen LogP contribution in [-0.2, 0) is 38.2 Å². The highest BCUT2D eigenvalue weighted by molar-refractivity contribution is 6.26. The van der Waals surface area contributed by atoms with E-state index in [1.54, 1.807) is 38.8 Å². The Morgan fingerprint density at radius 3 is 1.95 bits per heavy atom. The predicted molar refractivity (Wildman–Crippen MR) is 144 cm³/mol. The molecule has 3 aliphatic heterocycles. The molecule has 1 N–H and O–H groups in total. The molecule has 1 saturated heterocycles. The molecule has 2 bridgehead atoms. The molecule has 11 nitrogen and oxygen atoms in total. The van der Waals surface area contributed by atoms with E-state index >= 15 is 0 Å². The molecule has 41 heavy (non-hydrogen) atoms. The van der Waals surface area contributed by atoms with Gasteiger partial charge in [-0.25, -0.2) is 4.79 Å². The molecule has 0 aromatic carbocycles. The lowest BCUT2D eigenvalue weighted by molar-refractivity contribution is -0.171. The minimum Gasteiger partial charge on any atom is -0.492 e. The molecular formula is C30H34N2O9. The number of esters is 1. The van der Waals surface area contributed by atoms with E-state index in [1.807, 2.05) is 4.90 Å². The summed E-state index contributed by atoms with van der Waals surface area (Å²) in [7, 11) is 4.42. The second-order valence-electron chi connectivity index (χ2n) is 11.0. The number of fused-ring (bicyclic) bond motifs is 5. The van der Waals surface area contributed by atoms with Crippen molar-refractivity contribution in [3.8, 4) is 0 Å². The van der Waals surface area contributed by atoms with Gasteiger partial charge in [-0.05, 0) is 47.6 Å². The maximum absolute atomic E-state index is 13.8. The van der Waals surface area contributed by atoms with E-state index in [-0.39, 0.29) is 70.4 Å². The van der Waals surface area contributed by atoms with Crippen LogP contribution in [0.2, 0.25) is 0 Å². The highest BCUT2D eigenvalue weighted by Crippen LogP contribution is 2.48. The van der Waals surface area contributed by atoms with Gasteiger partial charge in [0.05, 0.1) is 32.3 Å². The molecular weight excluding hydrogens is 532 g/mol. The number of rotatable bonds is 5. The van der Waals surface area contributed by atoms with E-state index in [0.717, 1.165) is 0 Å². The quantitative estimate of drug-likeness (QED) is 0.290. The van der Waals surface area contributed by atoms with Gasteiger partial charge in [0.25, 0.3) is 0 Å². The highest BCUT2D eigenvalue weighted by atomic mass is 16.5. The van der Waals surface area contributed by atoms with E-state index in [0.29, 0.717) is 11.1 Å². The number of carbonyl (C=O) groups is 5. The maximum atomic E-state index is 13.8. The summed E-state index contributed by atoms with van der Waals surface area (Å²) < 4.78 is 16.3. The first-order valence-corrected chi connectivity index (χ1v) is 13.5. The number of methoxy groups -OCH3 is 2. The van der Waals surface area contributed by atoms with Crippen LogP contribution in [0.4, 0.5) is 0 Å². The molecule has 3 heterocycles. The maximum Gasteiger partial charge on any atom is 0.333 e. The summed E-state index contributed by atoms with van der Waals surface area (Å²) in [4.78, 5) is 70.7. The number of Topliss-reactive ketones (excluding diaryl/α,β-unsaturated/α-hetero) is 4. The molecule has 5 atom stereocenters. The summed E-state index contributed by atoms with van der Waals surface area (Å²) in [5, 5.41) is 11.8. The van der Waals surface area contributed by atoms with Gasteiger partial charge in [-0.1, -0.05) is 6.08 Å². The number of nitrogens with zero attached hydrogens (tertiary/aromatic N) is 2. The monoisotopic (exact) mass is 566 g/mol. The number of hydrogen-bond acceptors (Lipinski definition) is 11. The van der Waals surface area contributed by atoms with Crippen molar-refractivity contribution in [2.24, 2.45) is 0 Å². The van der Waals surface area contributed by atoms with Crippen LogP contribution in [0.3, 0.4) is 0 Å². The number of likely N-dealkylation sites (N-methyl/N-ethyl adjacent to an activating group) is 1. The number of aliphatic hydroxyl groups excluding tert-OH is 1. The van der Waals surface area contributed by atoms with E-state index in [9.17, 15) is 29.1 Å². The largest absolute Gasteiger partial charge is 0.492 e. The van der Waals surface area contributed by atoms with Gasteiger partial charge in [0.2, 0.25) is 11.6 Å². The van der Waals surface area contributed by atoms with Gasteiger partial charge in [0.1, 0.15) is 12.8 Å². The molecule has 5 rings (SSSR count). The molecule has 218 valence electrons. The summed E-state index contributed by atoms with van der Waals surface area (Å²) in [6.07, 6.45) is 0.498. The zero-order chi connectivity index (χ0) is 30.1. The third kappa shape index (κ3) is 4.01. The first-order valence-electron chi connectivity index (χ1n) is 13.5. The van der Waals surface area contributed by atoms with Crippen LogP contribution < -0.4 is 0 Å². The summed E-state index contributed by atoms with van der Waals surface area (Å²) in [6, 6.07) is -3.03. The molecule has 11 heteroatoms. The van der Waals surface area contributed by atoms with Gasteiger partial charge in [0, 0.05) is 45.1 Å². The van der Waals surface area contributed by atoms with Crippen LogP contribution in [0.15, 0.2) is 56.6 Å². The first-order chi connectivity index (χ1) is 19.4. The van der Waals surface area contributed by atoms with Gasteiger partial charge in [-0.2, -0.15) is 0 Å². The van der Waals surface area contributed by atoms with Crippen molar-refractivity contribution in [3.05, 3.63) is 56.6 Å². The molecule has 2 aliphatic carbocycles. The normalized spacial score (nSPS) is 30.9. The number of aliphatic hydroxyl groups is 1. The number of hydrogen-bond donors (Lipinski definition) is 1. The Kier molecular flexibility index (Phi) is 7.25. The fourth-order valence-electron chi connectivity index (χ4n) is 6.97. The molecule has 0 aromatic heterocycles. The number of carbonyl (C=O) groups excluding carboxylic acids is 5. The lowest BCUT2D eigenvalue weighted by atomic mass is 9.68. The second-order valence-corrected chi connectivity index (χ2v) is 11.0. The Balaban J connectivity index is 1.67. The molecule has 0 unspecified atom stereocenters. The van der Waals surface area contributed by atoms with Gasteiger partial charge in [-0.3, -0.25) is 29.0 Å². The summed E-state index contributed by atoms with van der Waals surface area (Å²) >= 11 is 0. The zero-order valence-corrected chi connectivity index (χ0v) is 24.2. The van der Waals surface area contributed by atoms with Crippen molar-refractivity contribution in [1.29, 1.82) is 0 Å². The van der Waals surface area contributed by atoms with Crippen molar-refractivity contribution in [3.63, 3.8) is 0 Å². The van der Waals surface area contributed by atoms with Crippen LogP contribution in [0, 0.1) is 0 Å². The first kappa shape index (κ1) is 28.8. The van der Waals surface area contributed by atoms with E-state index in [4.69, 9.17) is 14.2 Å². The average molecular weight is 567 g/mol. The van der Waals surface area contributed by atoms with E-state index in [2.05, 4.69) is 0 Å². The third-order valence-electron chi connectivity index (χ3n) is 9.17. The van der Waals surface area contributed by atoms with Crippen LogP contribution in [-0.4, -0.2) is 102 Å². The summed E-state index contributed by atoms with van der Waals surface area (Å²) in [5.41, 5.74) is 1.65.